The highest BCUT2D eigenvalue weighted by Gasteiger charge is 2.23. The predicted molar refractivity (Wildman–Crippen MR) is 153 cm³/mol. The Kier molecular flexibility index (Phi) is 8.30. The summed E-state index contributed by atoms with van der Waals surface area (Å²) in [6, 6.07) is 14.7. The number of rotatable bonds is 9. The molecule has 1 aliphatic rings. The van der Waals surface area contributed by atoms with Crippen LogP contribution in [0.4, 0.5) is 4.39 Å². The number of aryl methyl sites for hydroxylation is 1. The summed E-state index contributed by atoms with van der Waals surface area (Å²) in [5, 5.41) is 0. The molecule has 10 heteroatoms. The van der Waals surface area contributed by atoms with Gasteiger partial charge in [-0.15, -0.1) is 0 Å². The Morgan fingerprint density at radius 1 is 0.975 bits per heavy atom. The lowest BCUT2D eigenvalue weighted by Gasteiger charge is -2.27. The Labute approximate surface area is 233 Å². The molecule has 8 nitrogen and oxygen atoms in total. The normalized spacial score (nSPS) is 15.3. The Bertz CT molecular complexity index is 1610. The lowest BCUT2D eigenvalue weighted by molar-refractivity contribution is 0.144. The van der Waals surface area contributed by atoms with Crippen LogP contribution in [0.15, 0.2) is 54.7 Å². The van der Waals surface area contributed by atoms with Crippen LogP contribution in [0.5, 0.6) is 11.5 Å². The van der Waals surface area contributed by atoms with Gasteiger partial charge in [0.25, 0.3) is 0 Å². The van der Waals surface area contributed by atoms with Gasteiger partial charge in [-0.05, 0) is 48.4 Å². The molecule has 5 rings (SSSR count). The minimum Gasteiger partial charge on any atom is -0.493 e. The molecule has 1 aliphatic heterocycles. The number of aromatic nitrogens is 2. The number of halogens is 1. The van der Waals surface area contributed by atoms with E-state index in [1.807, 2.05) is 54.3 Å². The third-order valence-electron chi connectivity index (χ3n) is 7.13. The van der Waals surface area contributed by atoms with Crippen molar-refractivity contribution in [3.05, 3.63) is 71.7 Å². The second-order valence-electron chi connectivity index (χ2n) is 9.82. The Balaban J connectivity index is 1.46. The molecule has 3 aromatic carbocycles. The molecule has 0 saturated carbocycles. The number of hydrogen-bond acceptors (Lipinski definition) is 8. The highest BCUT2D eigenvalue weighted by molar-refractivity contribution is 7.91. The van der Waals surface area contributed by atoms with Crippen molar-refractivity contribution in [3.8, 4) is 33.9 Å². The van der Waals surface area contributed by atoms with Crippen molar-refractivity contribution in [1.29, 1.82) is 0 Å². The zero-order valence-electron chi connectivity index (χ0n) is 22.8. The minimum atomic E-state index is -2.99. The second-order valence-corrected chi connectivity index (χ2v) is 12.1. The maximum Gasteiger partial charge on any atom is 0.161 e. The van der Waals surface area contributed by atoms with E-state index in [1.165, 1.54) is 6.07 Å². The molecule has 1 aromatic heterocycles. The average molecular weight is 566 g/mol. The molecule has 0 N–H and O–H groups in total. The van der Waals surface area contributed by atoms with Crippen LogP contribution < -0.4 is 9.47 Å². The van der Waals surface area contributed by atoms with Crippen molar-refractivity contribution in [2.45, 2.75) is 13.5 Å². The smallest absolute Gasteiger partial charge is 0.161 e. The number of nitrogens with zero attached hydrogens (tertiary/aromatic N) is 3. The minimum absolute atomic E-state index is 0.109. The van der Waals surface area contributed by atoms with Gasteiger partial charge in [-0.2, -0.15) is 0 Å². The molecule has 40 heavy (non-hydrogen) atoms. The van der Waals surface area contributed by atoms with Gasteiger partial charge in [-0.1, -0.05) is 18.2 Å². The van der Waals surface area contributed by atoms with Crippen LogP contribution in [0.1, 0.15) is 11.1 Å². The van der Waals surface area contributed by atoms with Crippen molar-refractivity contribution in [1.82, 2.24) is 14.9 Å². The summed E-state index contributed by atoms with van der Waals surface area (Å²) in [5.74, 6) is 1.08. The highest BCUT2D eigenvalue weighted by atomic mass is 32.2. The monoisotopic (exact) mass is 565 g/mol. The quantitative estimate of drug-likeness (QED) is 0.271. The van der Waals surface area contributed by atoms with E-state index in [1.54, 1.807) is 20.4 Å². The van der Waals surface area contributed by atoms with Crippen LogP contribution in [0.2, 0.25) is 0 Å². The Morgan fingerprint density at radius 2 is 1.77 bits per heavy atom. The van der Waals surface area contributed by atoms with E-state index in [0.717, 1.165) is 16.7 Å². The van der Waals surface area contributed by atoms with Gasteiger partial charge in [0, 0.05) is 43.4 Å². The predicted octanol–water partition coefficient (Wildman–Crippen LogP) is 4.68. The zero-order valence-corrected chi connectivity index (χ0v) is 23.6. The van der Waals surface area contributed by atoms with Gasteiger partial charge in [-0.25, -0.2) is 17.8 Å². The summed E-state index contributed by atoms with van der Waals surface area (Å²) in [7, 11) is 0.208. The van der Waals surface area contributed by atoms with Gasteiger partial charge in [0.05, 0.1) is 48.1 Å². The van der Waals surface area contributed by atoms with E-state index >= 15 is 4.39 Å². The van der Waals surface area contributed by atoms with Crippen LogP contribution >= 0.6 is 0 Å². The number of sulfone groups is 1. The first-order valence-electron chi connectivity index (χ1n) is 13.1. The van der Waals surface area contributed by atoms with Gasteiger partial charge in [-0.3, -0.25) is 9.88 Å². The second kappa shape index (κ2) is 11.9. The van der Waals surface area contributed by atoms with Crippen LogP contribution in [0.3, 0.4) is 0 Å². The van der Waals surface area contributed by atoms with Gasteiger partial charge in [0.2, 0.25) is 0 Å². The van der Waals surface area contributed by atoms with Crippen molar-refractivity contribution in [2.75, 3.05) is 52.0 Å². The van der Waals surface area contributed by atoms with E-state index < -0.39 is 9.84 Å². The highest BCUT2D eigenvalue weighted by Crippen LogP contribution is 2.34. The molecular formula is C30H32FN3O5S. The fourth-order valence-electron chi connectivity index (χ4n) is 4.85. The van der Waals surface area contributed by atoms with Crippen molar-refractivity contribution in [3.63, 3.8) is 0 Å². The summed E-state index contributed by atoms with van der Waals surface area (Å²) in [6.07, 6.45) is 1.71. The number of fused-ring (bicyclic) bond motifs is 1. The van der Waals surface area contributed by atoms with Gasteiger partial charge < -0.3 is 14.2 Å². The Morgan fingerprint density at radius 3 is 2.50 bits per heavy atom. The van der Waals surface area contributed by atoms with Crippen LogP contribution in [0.25, 0.3) is 33.4 Å². The summed E-state index contributed by atoms with van der Waals surface area (Å²) >= 11 is 0. The summed E-state index contributed by atoms with van der Waals surface area (Å²) in [5.41, 5.74) is 5.68. The van der Waals surface area contributed by atoms with Crippen LogP contribution in [0, 0.1) is 12.7 Å². The van der Waals surface area contributed by atoms with E-state index in [0.29, 0.717) is 72.2 Å². The first-order valence-corrected chi connectivity index (χ1v) is 14.9. The topological polar surface area (TPSA) is 90.9 Å². The number of para-hydroxylation sites is 1. The molecule has 0 amide bonds. The van der Waals surface area contributed by atoms with Crippen LogP contribution in [-0.4, -0.2) is 75.3 Å². The van der Waals surface area contributed by atoms with Crippen LogP contribution in [-0.2, 0) is 21.1 Å². The molecule has 0 atom stereocenters. The molecule has 1 fully saturated rings. The molecule has 0 bridgehead atoms. The zero-order chi connectivity index (χ0) is 28.3. The molecule has 0 aliphatic carbocycles. The van der Waals surface area contributed by atoms with E-state index in [9.17, 15) is 8.42 Å². The van der Waals surface area contributed by atoms with Crippen molar-refractivity contribution >= 4 is 20.9 Å². The molecule has 0 spiro atoms. The standard InChI is InChI=1S/C30H32FN3O5S/c1-20-15-22(16-25(31)24(20)19-34-9-13-40(35,36)14-10-34)23-5-4-6-26-30(23)33-27(18-32-26)21-7-8-28(29(17-21)38-3)39-12-11-37-2/h4-8,15-18H,9-14,19H2,1-3H3. The molecular weight excluding hydrogens is 533 g/mol. The lowest BCUT2D eigenvalue weighted by Crippen LogP contribution is -2.40. The largest absolute Gasteiger partial charge is 0.493 e. The van der Waals surface area contributed by atoms with Gasteiger partial charge in [0.15, 0.2) is 21.3 Å². The van der Waals surface area contributed by atoms with Gasteiger partial charge in [0.1, 0.15) is 12.4 Å². The number of benzene rings is 3. The first kappa shape index (κ1) is 27.9. The summed E-state index contributed by atoms with van der Waals surface area (Å²) in [4.78, 5) is 11.5. The number of ether oxygens (including phenoxy) is 3. The molecule has 210 valence electrons. The van der Waals surface area contributed by atoms with Crippen molar-refractivity contribution < 1.29 is 27.0 Å². The fourth-order valence-corrected chi connectivity index (χ4v) is 6.12. The SMILES string of the molecule is COCCOc1ccc(-c2cnc3cccc(-c4cc(C)c(CN5CCS(=O)(=O)CC5)c(F)c4)c3n2)cc1OC. The van der Waals surface area contributed by atoms with Gasteiger partial charge >= 0.3 is 0 Å². The maximum atomic E-state index is 15.5. The third-order valence-corrected chi connectivity index (χ3v) is 8.73. The van der Waals surface area contributed by atoms with E-state index in [4.69, 9.17) is 19.2 Å². The summed E-state index contributed by atoms with van der Waals surface area (Å²) in [6.45, 7) is 3.95. The number of methoxy groups -OCH3 is 2. The summed E-state index contributed by atoms with van der Waals surface area (Å²) < 4.78 is 55.3. The molecule has 4 aromatic rings. The molecule has 1 saturated heterocycles. The van der Waals surface area contributed by atoms with E-state index in [2.05, 4.69) is 4.98 Å². The van der Waals surface area contributed by atoms with E-state index in [-0.39, 0.29) is 17.3 Å². The lowest BCUT2D eigenvalue weighted by atomic mass is 9.97. The first-order chi connectivity index (χ1) is 19.3. The molecule has 0 radical (unpaired) electrons. The maximum absolute atomic E-state index is 15.5. The Hall–Kier alpha value is -3.60. The third kappa shape index (κ3) is 6.09. The average Bonchev–Trinajstić information content (AvgIpc) is 2.95. The number of hydrogen-bond donors (Lipinski definition) is 0. The molecule has 2 heterocycles. The fraction of sp³-hybridized carbons (Fsp3) is 0.333. The van der Waals surface area contributed by atoms with Crippen molar-refractivity contribution in [2.24, 2.45) is 0 Å². The molecule has 0 unspecified atom stereocenters.